The molecule has 3 nitrogen and oxygen atoms in total. The van der Waals surface area contributed by atoms with Crippen LogP contribution >= 0.6 is 11.6 Å². The summed E-state index contributed by atoms with van der Waals surface area (Å²) in [5.41, 5.74) is 4.84. The largest absolute Gasteiger partial charge is 0.479 e. The number of carbonyl (C=O) groups is 1. The van der Waals surface area contributed by atoms with Crippen LogP contribution in [0.4, 0.5) is 0 Å². The molecule has 0 aromatic carbocycles. The average molecular weight is 124 g/mol. The molecular formula is C3H6ClNO2. The minimum Gasteiger partial charge on any atom is -0.479 e. The molecule has 0 radical (unpaired) electrons. The van der Waals surface area contributed by atoms with Crippen LogP contribution in [0.1, 0.15) is 6.92 Å². The maximum absolute atomic E-state index is 9.76. The monoisotopic (exact) mass is 123 g/mol. The van der Waals surface area contributed by atoms with E-state index in [0.717, 1.165) is 0 Å². The van der Waals surface area contributed by atoms with Crippen molar-refractivity contribution in [2.45, 2.75) is 11.9 Å². The predicted octanol–water partition coefficient (Wildman–Crippen LogP) is -0.0153. The van der Waals surface area contributed by atoms with Crippen molar-refractivity contribution in [2.75, 3.05) is 0 Å². The summed E-state index contributed by atoms with van der Waals surface area (Å²) in [5.74, 6) is -1.21. The number of halogens is 1. The molecule has 0 heterocycles. The van der Waals surface area contributed by atoms with Crippen LogP contribution in [0.5, 0.6) is 0 Å². The number of hydrogen-bond donors (Lipinski definition) is 2. The number of carboxylic acids is 1. The van der Waals surface area contributed by atoms with Crippen molar-refractivity contribution in [1.82, 2.24) is 0 Å². The second-order valence-corrected chi connectivity index (χ2v) is 2.17. The number of carboxylic acid groups (broad SMARTS) is 1. The lowest BCUT2D eigenvalue weighted by Gasteiger charge is -2.06. The van der Waals surface area contributed by atoms with Gasteiger partial charge in [0, 0.05) is 0 Å². The maximum atomic E-state index is 9.76. The average Bonchev–Trinajstić information content (AvgIpc) is 1.31. The van der Waals surface area contributed by atoms with Crippen LogP contribution in [-0.2, 0) is 4.79 Å². The molecule has 0 aliphatic rings. The summed E-state index contributed by atoms with van der Waals surface area (Å²) in [6.45, 7) is 1.21. The number of rotatable bonds is 1. The molecule has 0 aliphatic carbocycles. The van der Waals surface area contributed by atoms with Crippen molar-refractivity contribution < 1.29 is 9.90 Å². The molecule has 4 heteroatoms. The van der Waals surface area contributed by atoms with E-state index in [0.29, 0.717) is 0 Å². The molecule has 0 amide bonds. The van der Waals surface area contributed by atoms with E-state index in [1.165, 1.54) is 6.92 Å². The third-order valence-electron chi connectivity index (χ3n) is 0.418. The smallest absolute Gasteiger partial charge is 0.339 e. The molecule has 0 bridgehead atoms. The highest BCUT2D eigenvalue weighted by molar-refractivity contribution is 6.32. The van der Waals surface area contributed by atoms with Gasteiger partial charge in [0.1, 0.15) is 0 Å². The molecule has 3 N–H and O–H groups in total. The minimum absolute atomic E-state index is 1.21. The number of nitrogens with two attached hydrogens (primary N) is 1. The number of aliphatic carboxylic acids is 1. The van der Waals surface area contributed by atoms with Gasteiger partial charge in [-0.2, -0.15) is 0 Å². The zero-order valence-corrected chi connectivity index (χ0v) is 4.57. The van der Waals surface area contributed by atoms with Crippen molar-refractivity contribution in [3.05, 3.63) is 0 Å². The Hall–Kier alpha value is -0.280. The molecule has 0 aromatic heterocycles. The third kappa shape index (κ3) is 2.42. The third-order valence-corrected chi connectivity index (χ3v) is 0.580. The van der Waals surface area contributed by atoms with E-state index < -0.39 is 11.0 Å². The first-order chi connectivity index (χ1) is 2.94. The van der Waals surface area contributed by atoms with Gasteiger partial charge in [0.2, 0.25) is 0 Å². The van der Waals surface area contributed by atoms with E-state index in [1.807, 2.05) is 0 Å². The van der Waals surface area contributed by atoms with Crippen molar-refractivity contribution in [3.8, 4) is 0 Å². The van der Waals surface area contributed by atoms with Gasteiger partial charge in [0.15, 0.2) is 5.00 Å². The van der Waals surface area contributed by atoms with E-state index >= 15 is 0 Å². The standard InChI is InChI=1S/C3H6ClNO2/c1-3(4,5)2(6)7/h5H2,1H3,(H,6,7)/t3-/m1/s1. The Morgan fingerprint density at radius 3 is 2.14 bits per heavy atom. The van der Waals surface area contributed by atoms with E-state index in [2.05, 4.69) is 0 Å². The summed E-state index contributed by atoms with van der Waals surface area (Å²) in [5, 5.41) is 7.99. The molecule has 7 heavy (non-hydrogen) atoms. The van der Waals surface area contributed by atoms with Crippen molar-refractivity contribution in [2.24, 2.45) is 5.73 Å². The number of hydrogen-bond acceptors (Lipinski definition) is 2. The van der Waals surface area contributed by atoms with Gasteiger partial charge in [-0.3, -0.25) is 0 Å². The van der Waals surface area contributed by atoms with Crippen LogP contribution in [0.3, 0.4) is 0 Å². The molecule has 0 unspecified atom stereocenters. The van der Waals surface area contributed by atoms with Crippen LogP contribution in [0.25, 0.3) is 0 Å². The van der Waals surface area contributed by atoms with Gasteiger partial charge in [-0.15, -0.1) is 0 Å². The second-order valence-electron chi connectivity index (χ2n) is 1.38. The summed E-state index contributed by atoms with van der Waals surface area (Å²) in [6.07, 6.45) is 0. The molecule has 0 fully saturated rings. The molecule has 0 saturated heterocycles. The Balaban J connectivity index is 3.79. The van der Waals surface area contributed by atoms with Gasteiger partial charge < -0.3 is 10.8 Å². The topological polar surface area (TPSA) is 63.3 Å². The molecular weight excluding hydrogens is 117 g/mol. The highest BCUT2D eigenvalue weighted by Crippen LogP contribution is 2.02. The lowest BCUT2D eigenvalue weighted by molar-refractivity contribution is -0.139. The van der Waals surface area contributed by atoms with Crippen molar-refractivity contribution in [3.63, 3.8) is 0 Å². The highest BCUT2D eigenvalue weighted by Gasteiger charge is 2.22. The molecule has 0 spiro atoms. The van der Waals surface area contributed by atoms with Gasteiger partial charge in [-0.1, -0.05) is 11.6 Å². The Labute approximate surface area is 46.1 Å². The predicted molar refractivity (Wildman–Crippen MR) is 26.1 cm³/mol. The Morgan fingerprint density at radius 1 is 2.00 bits per heavy atom. The molecule has 0 saturated carbocycles. The van der Waals surface area contributed by atoms with Gasteiger partial charge in [0.25, 0.3) is 0 Å². The molecule has 42 valence electrons. The Morgan fingerprint density at radius 2 is 2.14 bits per heavy atom. The lowest BCUT2D eigenvalue weighted by atomic mass is 10.4. The SMILES string of the molecule is C[C@](N)(Cl)C(=O)O. The van der Waals surface area contributed by atoms with Crippen molar-refractivity contribution >= 4 is 17.6 Å². The first-order valence-electron chi connectivity index (χ1n) is 1.66. The lowest BCUT2D eigenvalue weighted by Crippen LogP contribution is -2.38. The highest BCUT2D eigenvalue weighted by atomic mass is 35.5. The van der Waals surface area contributed by atoms with Crippen LogP contribution < -0.4 is 5.73 Å². The molecule has 0 aliphatic heterocycles. The summed E-state index contributed by atoms with van der Waals surface area (Å²) >= 11 is 5.05. The Bertz CT molecular complexity index is 85.4. The first-order valence-corrected chi connectivity index (χ1v) is 2.03. The summed E-state index contributed by atoms with van der Waals surface area (Å²) < 4.78 is 0. The zero-order chi connectivity index (χ0) is 6.08. The van der Waals surface area contributed by atoms with E-state index in [-0.39, 0.29) is 0 Å². The normalized spacial score (nSPS) is 18.1. The van der Waals surface area contributed by atoms with Crippen LogP contribution in [0, 0.1) is 0 Å². The van der Waals surface area contributed by atoms with E-state index in [9.17, 15) is 4.79 Å². The fourth-order valence-electron chi connectivity index (χ4n) is 0. The fourth-order valence-corrected chi connectivity index (χ4v) is 0. The minimum atomic E-state index is -1.61. The van der Waals surface area contributed by atoms with Crippen LogP contribution in [-0.4, -0.2) is 16.1 Å². The van der Waals surface area contributed by atoms with E-state index in [4.69, 9.17) is 22.4 Å². The van der Waals surface area contributed by atoms with Gasteiger partial charge in [-0.25, -0.2) is 4.79 Å². The van der Waals surface area contributed by atoms with Crippen LogP contribution in [0.15, 0.2) is 0 Å². The summed E-state index contributed by atoms with van der Waals surface area (Å²) in [6, 6.07) is 0. The zero-order valence-electron chi connectivity index (χ0n) is 3.81. The van der Waals surface area contributed by atoms with Crippen molar-refractivity contribution in [1.29, 1.82) is 0 Å². The summed E-state index contributed by atoms with van der Waals surface area (Å²) in [4.78, 5) is 8.15. The second kappa shape index (κ2) is 1.68. The quantitative estimate of drug-likeness (QED) is 0.381. The molecule has 1 atom stereocenters. The van der Waals surface area contributed by atoms with E-state index in [1.54, 1.807) is 0 Å². The maximum Gasteiger partial charge on any atom is 0.339 e. The van der Waals surface area contributed by atoms with Gasteiger partial charge in [-0.05, 0) is 6.92 Å². The molecule has 0 rings (SSSR count). The summed E-state index contributed by atoms with van der Waals surface area (Å²) in [7, 11) is 0. The van der Waals surface area contributed by atoms with Gasteiger partial charge in [0.05, 0.1) is 0 Å². The number of alkyl halides is 1. The Kier molecular flexibility index (Phi) is 1.61. The van der Waals surface area contributed by atoms with Gasteiger partial charge >= 0.3 is 5.97 Å². The molecule has 0 aromatic rings. The van der Waals surface area contributed by atoms with Crippen LogP contribution in [0.2, 0.25) is 0 Å². The fraction of sp³-hybridized carbons (Fsp3) is 0.667. The first kappa shape index (κ1) is 6.72.